The highest BCUT2D eigenvalue weighted by atomic mass is 16.5. The number of carbonyl (C=O) groups excluding carboxylic acids is 2. The number of benzene rings is 2. The predicted molar refractivity (Wildman–Crippen MR) is 136 cm³/mol. The summed E-state index contributed by atoms with van der Waals surface area (Å²) >= 11 is 0. The number of hydrogen-bond donors (Lipinski definition) is 2. The zero-order chi connectivity index (χ0) is 26.3. The average Bonchev–Trinajstić information content (AvgIpc) is 3.23. The highest BCUT2D eigenvalue weighted by molar-refractivity contribution is 6.14. The maximum absolute atomic E-state index is 13.7. The topological polar surface area (TPSA) is 118 Å². The number of hydrogen-bond acceptors (Lipinski definition) is 6. The van der Waals surface area contributed by atoms with Crippen LogP contribution < -0.4 is 9.47 Å². The smallest absolute Gasteiger partial charge is 0.352 e. The third-order valence-electron chi connectivity index (χ3n) is 6.92. The molecular weight excluding hydrogens is 476 g/mol. The van der Waals surface area contributed by atoms with Gasteiger partial charge in [0.15, 0.2) is 5.78 Å². The highest BCUT2D eigenvalue weighted by Crippen LogP contribution is 2.40. The molecule has 0 radical (unpaired) electrons. The van der Waals surface area contributed by atoms with Crippen molar-refractivity contribution in [3.63, 3.8) is 0 Å². The lowest BCUT2D eigenvalue weighted by Gasteiger charge is -2.30. The van der Waals surface area contributed by atoms with E-state index in [1.807, 2.05) is 12.2 Å². The van der Waals surface area contributed by atoms with Crippen LogP contribution in [0.15, 0.2) is 54.1 Å². The molecule has 9 heteroatoms. The van der Waals surface area contributed by atoms with E-state index in [-0.39, 0.29) is 30.2 Å². The quantitative estimate of drug-likeness (QED) is 0.528. The molecule has 5 rings (SSSR count). The average molecular weight is 503 g/mol. The number of ketones is 1. The zero-order valence-electron chi connectivity index (χ0n) is 20.5. The monoisotopic (exact) mass is 502 g/mol. The number of allylic oxidation sites excluding steroid dienone is 2. The van der Waals surface area contributed by atoms with E-state index >= 15 is 0 Å². The molecule has 1 aromatic heterocycles. The number of carbonyl (C=O) groups is 3. The summed E-state index contributed by atoms with van der Waals surface area (Å²) in [6.07, 6.45) is 4.59. The van der Waals surface area contributed by atoms with Crippen molar-refractivity contribution in [1.82, 2.24) is 9.47 Å². The molecule has 190 valence electrons. The van der Waals surface area contributed by atoms with Crippen molar-refractivity contribution in [2.75, 3.05) is 20.8 Å². The summed E-state index contributed by atoms with van der Waals surface area (Å²) in [5.41, 5.74) is 3.51. The number of Topliss-reactive ketones (excluding diaryl/α,β-unsaturated/α-hetero) is 1. The summed E-state index contributed by atoms with van der Waals surface area (Å²) in [7, 11) is 3.10. The second-order valence-corrected chi connectivity index (χ2v) is 8.88. The SMILES string of the molecule is COc1ccc(CC(=O)N2CC=CC3=C2c2ccc4c(cc(C(=O)O)n4CO)c2C(=O)CC3)c(OC)c1. The Hall–Kier alpha value is -4.37. The summed E-state index contributed by atoms with van der Waals surface area (Å²) < 4.78 is 12.0. The molecule has 0 spiro atoms. The van der Waals surface area contributed by atoms with Gasteiger partial charge in [-0.1, -0.05) is 24.3 Å². The lowest BCUT2D eigenvalue weighted by molar-refractivity contribution is -0.126. The molecule has 1 amide bonds. The maximum Gasteiger partial charge on any atom is 0.352 e. The van der Waals surface area contributed by atoms with Crippen molar-refractivity contribution in [3.05, 3.63) is 76.5 Å². The fourth-order valence-electron chi connectivity index (χ4n) is 5.18. The predicted octanol–water partition coefficient (Wildman–Crippen LogP) is 3.64. The first kappa shape index (κ1) is 24.3. The molecule has 1 aliphatic heterocycles. The third-order valence-corrected chi connectivity index (χ3v) is 6.92. The fourth-order valence-corrected chi connectivity index (χ4v) is 5.18. The van der Waals surface area contributed by atoms with Gasteiger partial charge in [-0.15, -0.1) is 0 Å². The molecule has 0 atom stereocenters. The number of carboxylic acid groups (broad SMARTS) is 1. The number of nitrogens with zero attached hydrogens (tertiary/aromatic N) is 2. The van der Waals surface area contributed by atoms with Crippen molar-refractivity contribution in [2.45, 2.75) is 26.0 Å². The number of aromatic carboxylic acids is 1. The van der Waals surface area contributed by atoms with Crippen LogP contribution in [0.4, 0.5) is 0 Å². The van der Waals surface area contributed by atoms with Crippen LogP contribution in [0.25, 0.3) is 16.6 Å². The van der Waals surface area contributed by atoms with Gasteiger partial charge in [0, 0.05) is 41.1 Å². The van der Waals surface area contributed by atoms with Gasteiger partial charge in [0.05, 0.1) is 31.9 Å². The van der Waals surface area contributed by atoms with Crippen molar-refractivity contribution in [2.24, 2.45) is 0 Å². The van der Waals surface area contributed by atoms with Gasteiger partial charge in [-0.05, 0) is 30.2 Å². The van der Waals surface area contributed by atoms with Gasteiger partial charge in [-0.3, -0.25) is 9.59 Å². The third kappa shape index (κ3) is 4.07. The van der Waals surface area contributed by atoms with E-state index in [4.69, 9.17) is 9.47 Å². The van der Waals surface area contributed by atoms with E-state index in [2.05, 4.69) is 0 Å². The molecular formula is C28H26N2O7. The number of aromatic nitrogens is 1. The molecule has 2 N–H and O–H groups in total. The Morgan fingerprint density at radius 1 is 1.05 bits per heavy atom. The molecule has 0 saturated carbocycles. The van der Waals surface area contributed by atoms with Crippen LogP contribution in [0.5, 0.6) is 11.5 Å². The number of methoxy groups -OCH3 is 2. The van der Waals surface area contributed by atoms with Gasteiger partial charge >= 0.3 is 5.97 Å². The molecule has 0 bridgehead atoms. The summed E-state index contributed by atoms with van der Waals surface area (Å²) in [6, 6.07) is 10.1. The summed E-state index contributed by atoms with van der Waals surface area (Å²) in [5.74, 6) is -0.348. The van der Waals surface area contributed by atoms with E-state index in [0.29, 0.717) is 57.8 Å². The first-order valence-electron chi connectivity index (χ1n) is 11.8. The normalized spacial score (nSPS) is 14.9. The molecule has 1 aliphatic carbocycles. The Labute approximate surface area is 212 Å². The van der Waals surface area contributed by atoms with E-state index < -0.39 is 12.7 Å². The van der Waals surface area contributed by atoms with Crippen LogP contribution in [0, 0.1) is 0 Å². The summed E-state index contributed by atoms with van der Waals surface area (Å²) in [6.45, 7) is -0.205. The van der Waals surface area contributed by atoms with Crippen LogP contribution in [0.2, 0.25) is 0 Å². The maximum atomic E-state index is 13.7. The molecule has 0 unspecified atom stereocenters. The van der Waals surface area contributed by atoms with Gasteiger partial charge < -0.3 is 29.2 Å². The number of rotatable bonds is 6. The Kier molecular flexibility index (Phi) is 6.31. The minimum atomic E-state index is -1.20. The Morgan fingerprint density at radius 2 is 1.86 bits per heavy atom. The molecule has 9 nitrogen and oxygen atoms in total. The molecule has 2 aliphatic rings. The van der Waals surface area contributed by atoms with Crippen LogP contribution in [0.3, 0.4) is 0 Å². The minimum absolute atomic E-state index is 0.0767. The Morgan fingerprint density at radius 3 is 2.57 bits per heavy atom. The van der Waals surface area contributed by atoms with Crippen LogP contribution >= 0.6 is 0 Å². The van der Waals surface area contributed by atoms with Crippen LogP contribution in [-0.4, -0.2) is 58.1 Å². The molecule has 0 fully saturated rings. The molecule has 2 aromatic carbocycles. The van der Waals surface area contributed by atoms with Crippen LogP contribution in [-0.2, 0) is 17.9 Å². The largest absolute Gasteiger partial charge is 0.497 e. The molecule has 0 saturated heterocycles. The second-order valence-electron chi connectivity index (χ2n) is 8.88. The summed E-state index contributed by atoms with van der Waals surface area (Å²) in [5, 5.41) is 19.9. The van der Waals surface area contributed by atoms with Crippen molar-refractivity contribution in [3.8, 4) is 11.5 Å². The first-order valence-corrected chi connectivity index (χ1v) is 11.8. The van der Waals surface area contributed by atoms with E-state index in [1.165, 1.54) is 17.7 Å². The van der Waals surface area contributed by atoms with E-state index in [9.17, 15) is 24.6 Å². The number of aliphatic hydroxyl groups excluding tert-OH is 1. The Balaban J connectivity index is 1.62. The van der Waals surface area contributed by atoms with Gasteiger partial charge in [-0.25, -0.2) is 4.79 Å². The minimum Gasteiger partial charge on any atom is -0.497 e. The fraction of sp³-hybridized carbons (Fsp3) is 0.250. The lowest BCUT2D eigenvalue weighted by atomic mass is 9.95. The number of fused-ring (bicyclic) bond motifs is 4. The number of aliphatic hydroxyl groups is 1. The zero-order valence-corrected chi connectivity index (χ0v) is 20.5. The summed E-state index contributed by atoms with van der Waals surface area (Å²) in [4.78, 5) is 40.5. The molecule has 3 aromatic rings. The van der Waals surface area contributed by atoms with E-state index in [0.717, 1.165) is 5.57 Å². The number of amides is 1. The van der Waals surface area contributed by atoms with Crippen molar-refractivity contribution >= 4 is 34.3 Å². The second kappa shape index (κ2) is 9.59. The van der Waals surface area contributed by atoms with Crippen molar-refractivity contribution in [1.29, 1.82) is 0 Å². The van der Waals surface area contributed by atoms with Gasteiger partial charge in [0.1, 0.15) is 23.9 Å². The molecule has 2 heterocycles. The standard InChI is InChI=1S/C28H26N2O7/c1-36-18-7-5-17(24(13-18)37-2)12-25(33)29-11-3-4-16-6-10-23(32)26-19(27(16)29)8-9-21-20(26)14-22(28(34)35)30(21)15-31/h3-5,7-9,13-14,31H,6,10-12,15H2,1-2H3,(H,34,35). The van der Waals surface area contributed by atoms with Crippen molar-refractivity contribution < 1.29 is 34.1 Å². The van der Waals surface area contributed by atoms with Gasteiger partial charge in [0.2, 0.25) is 5.91 Å². The first-order chi connectivity index (χ1) is 17.9. The molecule has 37 heavy (non-hydrogen) atoms. The lowest BCUT2D eigenvalue weighted by Crippen LogP contribution is -2.33. The highest BCUT2D eigenvalue weighted by Gasteiger charge is 2.32. The number of ether oxygens (including phenoxy) is 2. The van der Waals surface area contributed by atoms with Crippen LogP contribution in [0.1, 0.15) is 44.8 Å². The Bertz CT molecular complexity index is 1510. The van der Waals surface area contributed by atoms with Gasteiger partial charge in [-0.2, -0.15) is 0 Å². The van der Waals surface area contributed by atoms with E-state index in [1.54, 1.807) is 42.3 Å². The number of carboxylic acids is 1. The van der Waals surface area contributed by atoms with Gasteiger partial charge in [0.25, 0.3) is 0 Å².